The van der Waals surface area contributed by atoms with Gasteiger partial charge < -0.3 is 10.6 Å². The summed E-state index contributed by atoms with van der Waals surface area (Å²) in [7, 11) is 0. The highest BCUT2D eigenvalue weighted by Crippen LogP contribution is 2.39. The van der Waals surface area contributed by atoms with Crippen LogP contribution >= 0.6 is 0 Å². The summed E-state index contributed by atoms with van der Waals surface area (Å²) >= 11 is 0. The van der Waals surface area contributed by atoms with Crippen molar-refractivity contribution < 1.29 is 0 Å². The normalized spacial score (nSPS) is 14.8. The van der Waals surface area contributed by atoms with Crippen LogP contribution in [0.1, 0.15) is 70.2 Å². The van der Waals surface area contributed by atoms with Gasteiger partial charge in [0.25, 0.3) is 0 Å². The molecular formula is C16H28N4. The summed E-state index contributed by atoms with van der Waals surface area (Å²) in [6.45, 7) is 9.77. The highest BCUT2D eigenvalue weighted by Gasteiger charge is 2.29. The molecule has 0 amide bonds. The molecule has 2 rings (SSSR count). The molecule has 0 aromatic carbocycles. The molecule has 0 atom stereocenters. The first-order valence-corrected chi connectivity index (χ1v) is 7.95. The van der Waals surface area contributed by atoms with Crippen LogP contribution in [0.3, 0.4) is 0 Å². The number of nitrogens with two attached hydrogens (primary N) is 1. The summed E-state index contributed by atoms with van der Waals surface area (Å²) in [6, 6.07) is 0.437. The van der Waals surface area contributed by atoms with E-state index < -0.39 is 0 Å². The first-order valence-electron chi connectivity index (χ1n) is 7.95. The molecule has 20 heavy (non-hydrogen) atoms. The molecular weight excluding hydrogens is 248 g/mol. The lowest BCUT2D eigenvalue weighted by Gasteiger charge is -2.30. The van der Waals surface area contributed by atoms with Crippen molar-refractivity contribution in [3.05, 3.63) is 11.4 Å². The molecule has 1 fully saturated rings. The van der Waals surface area contributed by atoms with Crippen LogP contribution in [-0.4, -0.2) is 22.6 Å². The van der Waals surface area contributed by atoms with Gasteiger partial charge in [0.05, 0.1) is 0 Å². The fourth-order valence-electron chi connectivity index (χ4n) is 2.48. The summed E-state index contributed by atoms with van der Waals surface area (Å²) in [6.07, 6.45) is 6.12. The van der Waals surface area contributed by atoms with Crippen LogP contribution in [0, 0.1) is 6.92 Å². The molecule has 4 nitrogen and oxygen atoms in total. The first kappa shape index (κ1) is 15.1. The summed E-state index contributed by atoms with van der Waals surface area (Å²) in [5.41, 5.74) is 7.13. The Morgan fingerprint density at radius 3 is 2.50 bits per heavy atom. The van der Waals surface area contributed by atoms with E-state index in [-0.39, 0.29) is 0 Å². The van der Waals surface area contributed by atoms with Crippen LogP contribution in [0.5, 0.6) is 0 Å². The first-order chi connectivity index (χ1) is 9.54. The molecule has 1 aromatic heterocycles. The van der Waals surface area contributed by atoms with Crippen molar-refractivity contribution >= 4 is 11.6 Å². The minimum absolute atomic E-state index is 0.437. The highest BCUT2D eigenvalue weighted by molar-refractivity contribution is 5.57. The number of unbranched alkanes of at least 4 members (excludes halogenated alkanes) is 2. The topological polar surface area (TPSA) is 55.0 Å². The Kier molecular flexibility index (Phi) is 4.84. The van der Waals surface area contributed by atoms with Gasteiger partial charge in [-0.1, -0.05) is 19.8 Å². The number of aromatic nitrogens is 2. The minimum Gasteiger partial charge on any atom is -0.383 e. The largest absolute Gasteiger partial charge is 0.383 e. The van der Waals surface area contributed by atoms with E-state index in [4.69, 9.17) is 10.7 Å². The molecule has 0 saturated heterocycles. The molecule has 4 heteroatoms. The fourth-order valence-corrected chi connectivity index (χ4v) is 2.48. The van der Waals surface area contributed by atoms with Crippen molar-refractivity contribution in [1.29, 1.82) is 0 Å². The summed E-state index contributed by atoms with van der Waals surface area (Å²) in [5, 5.41) is 0. The second kappa shape index (κ2) is 6.42. The molecule has 1 heterocycles. The maximum absolute atomic E-state index is 6.10. The number of hydrogen-bond donors (Lipinski definition) is 1. The minimum atomic E-state index is 0.437. The van der Waals surface area contributed by atoms with Crippen LogP contribution in [0.4, 0.5) is 11.6 Å². The van der Waals surface area contributed by atoms with Crippen LogP contribution in [-0.2, 0) is 0 Å². The fraction of sp³-hybridized carbons (Fsp3) is 0.750. The zero-order valence-electron chi connectivity index (χ0n) is 13.3. The van der Waals surface area contributed by atoms with Gasteiger partial charge in [0.2, 0.25) is 0 Å². The molecule has 2 N–H and O–H groups in total. The Morgan fingerprint density at radius 1 is 1.25 bits per heavy atom. The molecule has 1 aliphatic rings. The Labute approximate surface area is 122 Å². The van der Waals surface area contributed by atoms with E-state index in [2.05, 4.69) is 30.7 Å². The van der Waals surface area contributed by atoms with Crippen molar-refractivity contribution in [1.82, 2.24) is 9.97 Å². The van der Waals surface area contributed by atoms with Gasteiger partial charge in [-0.05, 0) is 40.0 Å². The summed E-state index contributed by atoms with van der Waals surface area (Å²) in [4.78, 5) is 11.7. The monoisotopic (exact) mass is 276 g/mol. The van der Waals surface area contributed by atoms with Gasteiger partial charge in [0, 0.05) is 24.1 Å². The van der Waals surface area contributed by atoms with E-state index >= 15 is 0 Å². The van der Waals surface area contributed by atoms with Crippen LogP contribution < -0.4 is 10.6 Å². The quantitative estimate of drug-likeness (QED) is 0.772. The third-order valence-electron chi connectivity index (χ3n) is 4.02. The Hall–Kier alpha value is -1.32. The Balaban J connectivity index is 2.26. The maximum atomic E-state index is 6.10. The van der Waals surface area contributed by atoms with Crippen molar-refractivity contribution in [2.24, 2.45) is 0 Å². The Morgan fingerprint density at radius 2 is 1.95 bits per heavy atom. The lowest BCUT2D eigenvalue weighted by Crippen LogP contribution is -2.33. The Bertz CT molecular complexity index is 452. The van der Waals surface area contributed by atoms with Crippen LogP contribution in [0.15, 0.2) is 0 Å². The summed E-state index contributed by atoms with van der Waals surface area (Å²) in [5.74, 6) is 3.19. The second-order valence-corrected chi connectivity index (χ2v) is 6.18. The van der Waals surface area contributed by atoms with Crippen molar-refractivity contribution in [2.45, 2.75) is 71.8 Å². The summed E-state index contributed by atoms with van der Waals surface area (Å²) < 4.78 is 0. The van der Waals surface area contributed by atoms with E-state index in [1.54, 1.807) is 0 Å². The van der Waals surface area contributed by atoms with Crippen molar-refractivity contribution in [3.8, 4) is 0 Å². The molecule has 0 bridgehead atoms. The number of hydrogen-bond acceptors (Lipinski definition) is 4. The highest BCUT2D eigenvalue weighted by atomic mass is 15.2. The van der Waals surface area contributed by atoms with Gasteiger partial charge in [-0.15, -0.1) is 0 Å². The number of anilines is 2. The van der Waals surface area contributed by atoms with Gasteiger partial charge in [0.15, 0.2) is 0 Å². The van der Waals surface area contributed by atoms with E-state index in [0.717, 1.165) is 23.8 Å². The molecule has 0 spiro atoms. The molecule has 1 aliphatic carbocycles. The standard InChI is InChI=1S/C16H28N4/c1-5-6-7-10-20(11(2)3)16-12(4)14(17)18-15(19-16)13-8-9-13/h11,13H,5-10H2,1-4H3,(H2,17,18,19). The number of rotatable bonds is 7. The SMILES string of the molecule is CCCCCN(c1nc(C2CC2)nc(N)c1C)C(C)C. The predicted octanol–water partition coefficient (Wildman–Crippen LogP) is 3.65. The van der Waals surface area contributed by atoms with Crippen molar-refractivity contribution in [2.75, 3.05) is 17.2 Å². The lowest BCUT2D eigenvalue weighted by molar-refractivity contribution is 0.616. The number of nitrogens with zero attached hydrogens (tertiary/aromatic N) is 3. The van der Waals surface area contributed by atoms with Gasteiger partial charge >= 0.3 is 0 Å². The van der Waals surface area contributed by atoms with E-state index in [9.17, 15) is 0 Å². The zero-order valence-corrected chi connectivity index (χ0v) is 13.3. The average Bonchev–Trinajstić information content (AvgIpc) is 3.22. The molecule has 0 aliphatic heterocycles. The van der Waals surface area contributed by atoms with Crippen LogP contribution in [0.2, 0.25) is 0 Å². The van der Waals surface area contributed by atoms with Gasteiger partial charge in [-0.2, -0.15) is 0 Å². The average molecular weight is 276 g/mol. The third-order valence-corrected chi connectivity index (χ3v) is 4.02. The van der Waals surface area contributed by atoms with E-state index in [0.29, 0.717) is 17.8 Å². The molecule has 0 unspecified atom stereocenters. The molecule has 0 radical (unpaired) electrons. The molecule has 1 aromatic rings. The van der Waals surface area contributed by atoms with Gasteiger partial charge in [0.1, 0.15) is 17.5 Å². The lowest BCUT2D eigenvalue weighted by atomic mass is 10.2. The van der Waals surface area contributed by atoms with Gasteiger partial charge in [-0.25, -0.2) is 9.97 Å². The van der Waals surface area contributed by atoms with E-state index in [1.807, 2.05) is 6.92 Å². The molecule has 112 valence electrons. The zero-order chi connectivity index (χ0) is 14.7. The third kappa shape index (κ3) is 3.41. The van der Waals surface area contributed by atoms with Crippen molar-refractivity contribution in [3.63, 3.8) is 0 Å². The molecule has 1 saturated carbocycles. The predicted molar refractivity (Wildman–Crippen MR) is 85.2 cm³/mol. The van der Waals surface area contributed by atoms with E-state index in [1.165, 1.54) is 32.1 Å². The number of nitrogen functional groups attached to an aromatic ring is 1. The van der Waals surface area contributed by atoms with Gasteiger partial charge in [-0.3, -0.25) is 0 Å². The smallest absolute Gasteiger partial charge is 0.137 e. The maximum Gasteiger partial charge on any atom is 0.137 e. The second-order valence-electron chi connectivity index (χ2n) is 6.18. The van der Waals surface area contributed by atoms with Crippen LogP contribution in [0.25, 0.3) is 0 Å².